The summed E-state index contributed by atoms with van der Waals surface area (Å²) in [6.07, 6.45) is -8.00. The molecule has 0 spiro atoms. The normalized spacial score (nSPS) is 12.2. The van der Waals surface area contributed by atoms with Crippen molar-refractivity contribution in [3.63, 3.8) is 0 Å². The van der Waals surface area contributed by atoms with Crippen LogP contribution in [0.5, 0.6) is 0 Å². The predicted octanol–water partition coefficient (Wildman–Crippen LogP) is 4.43. The molecule has 1 nitrogen and oxygen atoms in total. The summed E-state index contributed by atoms with van der Waals surface area (Å²) in [5.41, 5.74) is -2.75. The minimum absolute atomic E-state index is 0.298. The second kappa shape index (κ2) is 4.71. The summed E-state index contributed by atoms with van der Waals surface area (Å²) in [4.78, 5) is 3.25. The van der Waals surface area contributed by atoms with Crippen LogP contribution in [0, 0.1) is 0 Å². The van der Waals surface area contributed by atoms with Gasteiger partial charge in [-0.05, 0) is 6.07 Å². The van der Waals surface area contributed by atoms with Gasteiger partial charge in [0.1, 0.15) is 5.69 Å². The van der Waals surface area contributed by atoms with E-state index < -0.39 is 34.8 Å². The zero-order valence-corrected chi connectivity index (χ0v) is 8.97. The summed E-state index contributed by atoms with van der Waals surface area (Å²) >= 11 is 10.5. The van der Waals surface area contributed by atoms with E-state index in [0.717, 1.165) is 0 Å². The van der Waals surface area contributed by atoms with Crippen molar-refractivity contribution >= 4 is 23.2 Å². The summed E-state index contributed by atoms with van der Waals surface area (Å²) in [6.45, 7) is 0. The Bertz CT molecular complexity index is 391. The van der Waals surface area contributed by atoms with Crippen LogP contribution in [-0.4, -0.2) is 4.98 Å². The number of aromatic nitrogens is 1. The number of rotatable bonds is 2. The Kier molecular flexibility index (Phi) is 3.96. The van der Waals surface area contributed by atoms with Crippen molar-refractivity contribution < 1.29 is 22.0 Å². The lowest BCUT2D eigenvalue weighted by atomic mass is 10.2. The highest BCUT2D eigenvalue weighted by Gasteiger charge is 2.36. The first-order chi connectivity index (χ1) is 7.27. The van der Waals surface area contributed by atoms with Crippen molar-refractivity contribution in [3.05, 3.63) is 28.0 Å². The van der Waals surface area contributed by atoms with Gasteiger partial charge in [-0.15, -0.1) is 11.6 Å². The molecule has 0 fully saturated rings. The molecular weight excluding hydrogens is 276 g/mol. The van der Waals surface area contributed by atoms with Crippen LogP contribution in [0.15, 0.2) is 6.07 Å². The van der Waals surface area contributed by atoms with Gasteiger partial charge >= 0.3 is 6.18 Å². The van der Waals surface area contributed by atoms with E-state index in [4.69, 9.17) is 23.2 Å². The molecule has 0 atom stereocenters. The van der Waals surface area contributed by atoms with Crippen LogP contribution in [0.3, 0.4) is 0 Å². The van der Waals surface area contributed by atoms with Gasteiger partial charge in [0.05, 0.1) is 22.2 Å². The molecule has 1 rings (SSSR count). The van der Waals surface area contributed by atoms with Crippen molar-refractivity contribution in [2.24, 2.45) is 0 Å². The van der Waals surface area contributed by atoms with E-state index >= 15 is 0 Å². The van der Waals surface area contributed by atoms with Crippen molar-refractivity contribution in [2.75, 3.05) is 0 Å². The monoisotopic (exact) mass is 279 g/mol. The minimum Gasteiger partial charge on any atom is -0.249 e. The van der Waals surface area contributed by atoms with E-state index in [1.165, 1.54) is 0 Å². The molecule has 0 aliphatic rings. The Balaban J connectivity index is 3.44. The fraction of sp³-hybridized carbons (Fsp3) is 0.375. The maximum absolute atomic E-state index is 12.4. The molecular formula is C8H4Cl2F5N. The highest BCUT2D eigenvalue weighted by molar-refractivity contribution is 6.32. The van der Waals surface area contributed by atoms with Crippen LogP contribution >= 0.6 is 23.2 Å². The van der Waals surface area contributed by atoms with Gasteiger partial charge in [-0.25, -0.2) is 13.8 Å². The largest absolute Gasteiger partial charge is 0.417 e. The fourth-order valence-corrected chi connectivity index (χ4v) is 1.45. The molecule has 1 heterocycles. The summed E-state index contributed by atoms with van der Waals surface area (Å²) in [5.74, 6) is -0.403. The van der Waals surface area contributed by atoms with E-state index in [-0.39, 0.29) is 5.69 Å². The summed E-state index contributed by atoms with van der Waals surface area (Å²) in [7, 11) is 0. The molecule has 0 radical (unpaired) electrons. The number of halogens is 7. The Hall–Kier alpha value is -0.620. The Labute approximate surface area is 97.2 Å². The van der Waals surface area contributed by atoms with Crippen LogP contribution < -0.4 is 0 Å². The number of alkyl halides is 6. The van der Waals surface area contributed by atoms with Gasteiger partial charge in [-0.2, -0.15) is 13.2 Å². The summed E-state index contributed by atoms with van der Waals surface area (Å²) in [6, 6.07) is 0.557. The molecule has 0 saturated heterocycles. The average Bonchev–Trinajstić information content (AvgIpc) is 2.15. The van der Waals surface area contributed by atoms with E-state index in [1.807, 2.05) is 0 Å². The number of hydrogen-bond acceptors (Lipinski definition) is 1. The molecule has 0 unspecified atom stereocenters. The van der Waals surface area contributed by atoms with Crippen molar-refractivity contribution in [1.82, 2.24) is 4.98 Å². The molecule has 1 aromatic heterocycles. The lowest BCUT2D eigenvalue weighted by Gasteiger charge is -2.13. The van der Waals surface area contributed by atoms with Crippen LogP contribution in [0.25, 0.3) is 0 Å². The highest BCUT2D eigenvalue weighted by Crippen LogP contribution is 2.38. The van der Waals surface area contributed by atoms with Gasteiger partial charge in [-0.3, -0.25) is 0 Å². The Morgan fingerprint density at radius 2 is 1.88 bits per heavy atom. The van der Waals surface area contributed by atoms with Gasteiger partial charge in [0, 0.05) is 0 Å². The quantitative estimate of drug-likeness (QED) is 0.576. The molecule has 0 N–H and O–H groups in total. The fourth-order valence-electron chi connectivity index (χ4n) is 1.02. The van der Waals surface area contributed by atoms with E-state index in [9.17, 15) is 22.0 Å². The smallest absolute Gasteiger partial charge is 0.249 e. The third kappa shape index (κ3) is 2.74. The van der Waals surface area contributed by atoms with Gasteiger partial charge in [0.2, 0.25) is 0 Å². The first-order valence-corrected chi connectivity index (χ1v) is 4.79. The van der Waals surface area contributed by atoms with Gasteiger partial charge in [0.25, 0.3) is 6.43 Å². The standard InChI is InChI=1S/C8H4Cl2F5N/c9-2-3-1-4(8(13,14)15)5(10)6(16-3)7(11)12/h1,7H,2H2. The molecule has 8 heteroatoms. The zero-order valence-electron chi connectivity index (χ0n) is 7.45. The van der Waals surface area contributed by atoms with Crippen LogP contribution in [-0.2, 0) is 12.1 Å². The lowest BCUT2D eigenvalue weighted by molar-refractivity contribution is -0.137. The van der Waals surface area contributed by atoms with E-state index in [1.54, 1.807) is 0 Å². The molecule has 0 amide bonds. The third-order valence-electron chi connectivity index (χ3n) is 1.69. The van der Waals surface area contributed by atoms with Crippen LogP contribution in [0.4, 0.5) is 22.0 Å². The van der Waals surface area contributed by atoms with Gasteiger partial charge < -0.3 is 0 Å². The molecule has 90 valence electrons. The lowest BCUT2D eigenvalue weighted by Crippen LogP contribution is -2.10. The zero-order chi connectivity index (χ0) is 12.5. The number of pyridine rings is 1. The Morgan fingerprint density at radius 3 is 2.25 bits per heavy atom. The maximum atomic E-state index is 12.4. The van der Waals surface area contributed by atoms with Crippen molar-refractivity contribution in [3.8, 4) is 0 Å². The maximum Gasteiger partial charge on any atom is 0.417 e. The molecule has 1 aromatic rings. The number of nitrogens with zero attached hydrogens (tertiary/aromatic N) is 1. The molecule has 0 bridgehead atoms. The van der Waals surface area contributed by atoms with Crippen LogP contribution in [0.1, 0.15) is 23.4 Å². The molecule has 0 saturated carbocycles. The highest BCUT2D eigenvalue weighted by atomic mass is 35.5. The first-order valence-electron chi connectivity index (χ1n) is 3.88. The Morgan fingerprint density at radius 1 is 1.31 bits per heavy atom. The molecule has 0 aromatic carbocycles. The van der Waals surface area contributed by atoms with E-state index in [0.29, 0.717) is 6.07 Å². The third-order valence-corrected chi connectivity index (χ3v) is 2.36. The SMILES string of the molecule is FC(F)c1nc(CCl)cc(C(F)(F)F)c1Cl. The molecule has 0 aliphatic heterocycles. The first kappa shape index (κ1) is 13.4. The second-order valence-corrected chi connectivity index (χ2v) is 3.44. The van der Waals surface area contributed by atoms with Crippen molar-refractivity contribution in [2.45, 2.75) is 18.5 Å². The molecule has 0 aliphatic carbocycles. The predicted molar refractivity (Wildman–Crippen MR) is 48.8 cm³/mol. The second-order valence-electron chi connectivity index (χ2n) is 2.79. The number of hydrogen-bond donors (Lipinski definition) is 0. The van der Waals surface area contributed by atoms with Gasteiger partial charge in [-0.1, -0.05) is 11.6 Å². The molecule has 16 heavy (non-hydrogen) atoms. The summed E-state index contributed by atoms with van der Waals surface area (Å²) < 4.78 is 61.9. The van der Waals surface area contributed by atoms with Crippen LogP contribution in [0.2, 0.25) is 5.02 Å². The van der Waals surface area contributed by atoms with Gasteiger partial charge in [0.15, 0.2) is 0 Å². The van der Waals surface area contributed by atoms with E-state index in [2.05, 4.69) is 4.98 Å². The minimum atomic E-state index is -4.82. The summed E-state index contributed by atoms with van der Waals surface area (Å²) in [5, 5.41) is -1.09. The van der Waals surface area contributed by atoms with Crippen molar-refractivity contribution in [1.29, 1.82) is 0 Å². The topological polar surface area (TPSA) is 12.9 Å². The average molecular weight is 280 g/mol.